The van der Waals surface area contributed by atoms with Crippen LogP contribution < -0.4 is 5.69 Å². The maximum atomic E-state index is 11.4. The number of nitrogens with one attached hydrogen (secondary N) is 1. The van der Waals surface area contributed by atoms with Crippen molar-refractivity contribution in [2.45, 2.75) is 0 Å². The van der Waals surface area contributed by atoms with E-state index in [4.69, 9.17) is 0 Å². The van der Waals surface area contributed by atoms with Crippen molar-refractivity contribution < 1.29 is 9.53 Å². The average molecular weight is 204 g/mol. The van der Waals surface area contributed by atoms with Gasteiger partial charge in [0.15, 0.2) is 0 Å². The summed E-state index contributed by atoms with van der Waals surface area (Å²) < 4.78 is 5.46. The van der Waals surface area contributed by atoms with E-state index in [2.05, 4.69) is 16.3 Å². The zero-order valence-corrected chi connectivity index (χ0v) is 7.77. The van der Waals surface area contributed by atoms with Crippen LogP contribution in [-0.2, 0) is 4.74 Å². The molecule has 15 heavy (non-hydrogen) atoms. The number of aromatic amines is 1. The van der Waals surface area contributed by atoms with Crippen molar-refractivity contribution >= 4 is 17.1 Å². The Balaban J connectivity index is 2.69. The summed E-state index contributed by atoms with van der Waals surface area (Å²) in [6.45, 7) is 3.25. The van der Waals surface area contributed by atoms with Gasteiger partial charge in [-0.1, -0.05) is 18.7 Å². The summed E-state index contributed by atoms with van der Waals surface area (Å²) in [6, 6.07) is 6.85. The molecule has 2 rings (SSSR count). The van der Waals surface area contributed by atoms with Crippen molar-refractivity contribution in [2.75, 3.05) is 0 Å². The number of benzene rings is 1. The molecule has 1 heterocycles. The fourth-order valence-corrected chi connectivity index (χ4v) is 1.36. The molecule has 1 N–H and O–H groups in total. The zero-order valence-electron chi connectivity index (χ0n) is 7.77. The van der Waals surface area contributed by atoms with Crippen LogP contribution in [0.3, 0.4) is 0 Å². The molecule has 2 aromatic rings. The molecule has 0 bridgehead atoms. The lowest BCUT2D eigenvalue weighted by atomic mass is 10.3. The molecule has 0 amide bonds. The summed E-state index contributed by atoms with van der Waals surface area (Å²) >= 11 is 0. The van der Waals surface area contributed by atoms with Gasteiger partial charge in [-0.25, -0.2) is 9.59 Å². The maximum absolute atomic E-state index is 11.4. The summed E-state index contributed by atoms with van der Waals surface area (Å²) in [7, 11) is 0. The van der Waals surface area contributed by atoms with Crippen LogP contribution in [0.1, 0.15) is 0 Å². The number of hydrogen-bond donors (Lipinski definition) is 1. The van der Waals surface area contributed by atoms with Gasteiger partial charge in [-0.05, 0) is 12.1 Å². The lowest BCUT2D eigenvalue weighted by Crippen LogP contribution is -2.24. The normalized spacial score (nSPS) is 10.1. The van der Waals surface area contributed by atoms with Crippen molar-refractivity contribution in [2.24, 2.45) is 0 Å². The summed E-state index contributed by atoms with van der Waals surface area (Å²) in [5.74, 6) is 0. The molecule has 0 spiro atoms. The molecule has 5 nitrogen and oxygen atoms in total. The molecule has 0 aliphatic heterocycles. The topological polar surface area (TPSA) is 64.1 Å². The molecular weight excluding hydrogens is 196 g/mol. The van der Waals surface area contributed by atoms with Crippen molar-refractivity contribution in [3.05, 3.63) is 47.6 Å². The first-order valence-corrected chi connectivity index (χ1v) is 4.25. The molecule has 0 radical (unpaired) electrons. The molecule has 0 unspecified atom stereocenters. The Labute approximate surface area is 84.6 Å². The third-order valence-electron chi connectivity index (χ3n) is 1.96. The molecule has 0 saturated heterocycles. The predicted octanol–water partition coefficient (Wildman–Crippen LogP) is 1.46. The number of imidazole rings is 1. The lowest BCUT2D eigenvalue weighted by Gasteiger charge is -1.98. The standard InChI is InChI=1S/C10H8N2O3/c1-2-15-10(14)12-8-6-4-3-5-7(8)11-9(12)13/h2-6H,1H2,(H,11,13). The van der Waals surface area contributed by atoms with Crippen molar-refractivity contribution in [3.63, 3.8) is 0 Å². The van der Waals surface area contributed by atoms with Crippen LogP contribution in [-0.4, -0.2) is 15.6 Å². The third kappa shape index (κ3) is 1.43. The highest BCUT2D eigenvalue weighted by atomic mass is 16.5. The molecule has 0 fully saturated rings. The van der Waals surface area contributed by atoms with Crippen LogP contribution in [0.25, 0.3) is 11.0 Å². The summed E-state index contributed by atoms with van der Waals surface area (Å²) in [4.78, 5) is 25.4. The zero-order chi connectivity index (χ0) is 10.8. The van der Waals surface area contributed by atoms with Crippen LogP contribution in [0.5, 0.6) is 0 Å². The number of aromatic nitrogens is 2. The minimum absolute atomic E-state index is 0.481. The van der Waals surface area contributed by atoms with Crippen LogP contribution in [0, 0.1) is 0 Å². The predicted molar refractivity (Wildman–Crippen MR) is 54.6 cm³/mol. The van der Waals surface area contributed by atoms with Crippen LogP contribution in [0.2, 0.25) is 0 Å². The Hall–Kier alpha value is -2.30. The van der Waals surface area contributed by atoms with E-state index in [0.29, 0.717) is 11.0 Å². The van der Waals surface area contributed by atoms with E-state index < -0.39 is 11.8 Å². The number of carbonyl (C=O) groups excluding carboxylic acids is 1. The first kappa shape index (κ1) is 9.26. The van der Waals surface area contributed by atoms with E-state index in [0.717, 1.165) is 10.8 Å². The number of nitrogens with zero attached hydrogens (tertiary/aromatic N) is 1. The third-order valence-corrected chi connectivity index (χ3v) is 1.96. The van der Waals surface area contributed by atoms with Gasteiger partial charge in [0.25, 0.3) is 0 Å². The minimum Gasteiger partial charge on any atom is -0.418 e. The molecule has 0 aliphatic carbocycles. The molecule has 0 saturated carbocycles. The molecule has 0 atom stereocenters. The minimum atomic E-state index is -0.771. The van der Waals surface area contributed by atoms with Gasteiger partial charge in [0, 0.05) is 0 Å². The Morgan fingerprint density at radius 2 is 2.20 bits per heavy atom. The van der Waals surface area contributed by atoms with Gasteiger partial charge in [0.1, 0.15) is 0 Å². The summed E-state index contributed by atoms with van der Waals surface area (Å²) in [5.41, 5.74) is 0.543. The Morgan fingerprint density at radius 3 is 2.93 bits per heavy atom. The highest BCUT2D eigenvalue weighted by molar-refractivity contribution is 5.86. The quantitative estimate of drug-likeness (QED) is 0.715. The largest absolute Gasteiger partial charge is 0.427 e. The Morgan fingerprint density at radius 1 is 1.47 bits per heavy atom. The monoisotopic (exact) mass is 204 g/mol. The van der Waals surface area contributed by atoms with E-state index in [1.807, 2.05) is 0 Å². The molecule has 0 aliphatic rings. The second-order valence-corrected chi connectivity index (χ2v) is 2.83. The number of H-pyrrole nitrogens is 1. The number of hydrogen-bond acceptors (Lipinski definition) is 3. The van der Waals surface area contributed by atoms with Gasteiger partial charge in [-0.3, -0.25) is 0 Å². The van der Waals surface area contributed by atoms with Gasteiger partial charge in [0.2, 0.25) is 0 Å². The number of fused-ring (bicyclic) bond motifs is 1. The van der Waals surface area contributed by atoms with Crippen molar-refractivity contribution in [3.8, 4) is 0 Å². The van der Waals surface area contributed by atoms with E-state index in [9.17, 15) is 9.59 Å². The van der Waals surface area contributed by atoms with Gasteiger partial charge < -0.3 is 9.72 Å². The first-order valence-electron chi connectivity index (χ1n) is 4.25. The molecular formula is C10H8N2O3. The first-order chi connectivity index (χ1) is 7.24. The van der Waals surface area contributed by atoms with E-state index in [1.165, 1.54) is 0 Å². The highest BCUT2D eigenvalue weighted by Gasteiger charge is 2.13. The molecule has 1 aromatic carbocycles. The van der Waals surface area contributed by atoms with Gasteiger partial charge in [-0.2, -0.15) is 4.57 Å². The molecule has 1 aromatic heterocycles. The average Bonchev–Trinajstić information content (AvgIpc) is 2.54. The smallest absolute Gasteiger partial charge is 0.418 e. The fourth-order valence-electron chi connectivity index (χ4n) is 1.36. The second kappa shape index (κ2) is 3.45. The van der Waals surface area contributed by atoms with Gasteiger partial charge >= 0.3 is 11.8 Å². The van der Waals surface area contributed by atoms with E-state index in [-0.39, 0.29) is 0 Å². The fraction of sp³-hybridized carbons (Fsp3) is 0. The van der Waals surface area contributed by atoms with Crippen LogP contribution >= 0.6 is 0 Å². The van der Waals surface area contributed by atoms with Crippen LogP contribution in [0.4, 0.5) is 4.79 Å². The summed E-state index contributed by atoms with van der Waals surface area (Å²) in [6.07, 6.45) is 0.212. The van der Waals surface area contributed by atoms with E-state index in [1.54, 1.807) is 24.3 Å². The second-order valence-electron chi connectivity index (χ2n) is 2.83. The lowest BCUT2D eigenvalue weighted by molar-refractivity contribution is 0.188. The van der Waals surface area contributed by atoms with E-state index >= 15 is 0 Å². The SMILES string of the molecule is C=COC(=O)n1c(=O)[nH]c2ccccc21. The molecule has 5 heteroatoms. The molecule has 76 valence electrons. The summed E-state index contributed by atoms with van der Waals surface area (Å²) in [5, 5.41) is 0. The van der Waals surface area contributed by atoms with Crippen molar-refractivity contribution in [1.82, 2.24) is 9.55 Å². The Bertz CT molecular complexity index is 580. The maximum Gasteiger partial charge on any atom is 0.427 e. The number of para-hydroxylation sites is 2. The van der Waals surface area contributed by atoms with Gasteiger partial charge in [0.05, 0.1) is 17.3 Å². The number of rotatable bonds is 1. The number of carbonyl (C=O) groups is 1. The van der Waals surface area contributed by atoms with Crippen LogP contribution in [0.15, 0.2) is 41.9 Å². The van der Waals surface area contributed by atoms with Crippen molar-refractivity contribution in [1.29, 1.82) is 0 Å². The Kier molecular flexibility index (Phi) is 2.13. The number of ether oxygens (including phenoxy) is 1. The highest BCUT2D eigenvalue weighted by Crippen LogP contribution is 2.08. The van der Waals surface area contributed by atoms with Gasteiger partial charge in [-0.15, -0.1) is 0 Å².